The minimum Gasteiger partial charge on any atom is -0.398 e. The molecule has 1 rings (SSSR count). The van der Waals surface area contributed by atoms with Crippen molar-refractivity contribution in [1.29, 1.82) is 5.41 Å². The van der Waals surface area contributed by atoms with Crippen LogP contribution < -0.4 is 5.73 Å². The topological polar surface area (TPSA) is 93.0 Å². The molecule has 0 saturated carbocycles. The molecule has 5 nitrogen and oxygen atoms in total. The number of rotatable bonds is 2. The minimum absolute atomic E-state index is 0.110. The van der Waals surface area contributed by atoms with E-state index >= 15 is 0 Å². The second kappa shape index (κ2) is 3.18. The van der Waals surface area contributed by atoms with Gasteiger partial charge in [-0.25, -0.2) is 0 Å². The molecule has 0 aliphatic rings. The van der Waals surface area contributed by atoms with Gasteiger partial charge < -0.3 is 5.73 Å². The maximum Gasteiger partial charge on any atom is 0.271 e. The van der Waals surface area contributed by atoms with Gasteiger partial charge in [-0.05, 0) is 6.07 Å². The molecule has 0 bridgehead atoms. The van der Waals surface area contributed by atoms with Crippen molar-refractivity contribution in [3.05, 3.63) is 33.9 Å². The number of nitrogens with two attached hydrogens (primary N) is 1. The summed E-state index contributed by atoms with van der Waals surface area (Å²) < 4.78 is 12.4. The maximum absolute atomic E-state index is 12.4. The van der Waals surface area contributed by atoms with Crippen molar-refractivity contribution in [3.8, 4) is 0 Å². The van der Waals surface area contributed by atoms with E-state index in [0.29, 0.717) is 0 Å². The lowest BCUT2D eigenvalue weighted by Crippen LogP contribution is -1.99. The normalized spacial score (nSPS) is 9.62. The number of nitro benzene ring substituents is 1. The predicted octanol–water partition coefficient (Wildman–Crippen LogP) is 1.47. The Morgan fingerprint density at radius 1 is 1.62 bits per heavy atom. The van der Waals surface area contributed by atoms with Crippen LogP contribution in [0, 0.1) is 15.5 Å². The molecule has 0 amide bonds. The number of non-ortho nitro benzene ring substituents is 1. The Labute approximate surface area is 72.6 Å². The minimum atomic E-state index is -1.20. The first-order valence-electron chi connectivity index (χ1n) is 3.30. The lowest BCUT2D eigenvalue weighted by molar-refractivity contribution is -0.384. The van der Waals surface area contributed by atoms with Crippen molar-refractivity contribution in [2.45, 2.75) is 0 Å². The summed E-state index contributed by atoms with van der Waals surface area (Å²) in [6.07, 6.45) is 0. The van der Waals surface area contributed by atoms with E-state index in [4.69, 9.17) is 11.1 Å². The molecule has 0 aliphatic carbocycles. The van der Waals surface area contributed by atoms with Gasteiger partial charge in [-0.1, -0.05) is 0 Å². The summed E-state index contributed by atoms with van der Waals surface area (Å²) in [7, 11) is 0. The molecule has 0 fully saturated rings. The summed E-state index contributed by atoms with van der Waals surface area (Å²) in [5, 5.41) is 16.9. The first-order valence-corrected chi connectivity index (χ1v) is 3.30. The van der Waals surface area contributed by atoms with Gasteiger partial charge in [0, 0.05) is 12.1 Å². The van der Waals surface area contributed by atoms with Crippen LogP contribution in [0.5, 0.6) is 0 Å². The van der Waals surface area contributed by atoms with Gasteiger partial charge in [-0.2, -0.15) is 4.39 Å². The highest BCUT2D eigenvalue weighted by Gasteiger charge is 2.10. The molecule has 1 aromatic carbocycles. The SMILES string of the molecule is N=C(F)c1ccc([N+](=O)[O-])cc1N. The molecule has 0 aliphatic heterocycles. The predicted molar refractivity (Wildman–Crippen MR) is 45.4 cm³/mol. The lowest BCUT2D eigenvalue weighted by Gasteiger charge is -1.99. The van der Waals surface area contributed by atoms with E-state index in [0.717, 1.165) is 18.2 Å². The fourth-order valence-corrected chi connectivity index (χ4v) is 0.864. The van der Waals surface area contributed by atoms with Gasteiger partial charge in [0.15, 0.2) is 0 Å². The van der Waals surface area contributed by atoms with Gasteiger partial charge in [0.1, 0.15) is 0 Å². The highest BCUT2D eigenvalue weighted by Crippen LogP contribution is 2.20. The Bertz CT molecular complexity index is 378. The fraction of sp³-hybridized carbons (Fsp3) is 0. The zero-order valence-corrected chi connectivity index (χ0v) is 6.45. The van der Waals surface area contributed by atoms with Gasteiger partial charge in [0.25, 0.3) is 5.69 Å². The molecule has 3 N–H and O–H groups in total. The Hall–Kier alpha value is -1.98. The molecule has 0 spiro atoms. The van der Waals surface area contributed by atoms with E-state index in [-0.39, 0.29) is 16.9 Å². The summed E-state index contributed by atoms with van der Waals surface area (Å²) >= 11 is 0. The summed E-state index contributed by atoms with van der Waals surface area (Å²) in [4.78, 5) is 9.60. The number of anilines is 1. The molecule has 0 radical (unpaired) electrons. The molecule has 0 heterocycles. The highest BCUT2D eigenvalue weighted by molar-refractivity contribution is 5.96. The van der Waals surface area contributed by atoms with Crippen LogP contribution in [0.15, 0.2) is 18.2 Å². The van der Waals surface area contributed by atoms with Crippen LogP contribution in [0.3, 0.4) is 0 Å². The smallest absolute Gasteiger partial charge is 0.271 e. The van der Waals surface area contributed by atoms with Crippen LogP contribution in [0.4, 0.5) is 15.8 Å². The first kappa shape index (κ1) is 9.11. The zero-order chi connectivity index (χ0) is 10.0. The molecule has 1 aromatic rings. The average Bonchev–Trinajstić information content (AvgIpc) is 2.03. The van der Waals surface area contributed by atoms with E-state index in [1.807, 2.05) is 0 Å². The second-order valence-corrected chi connectivity index (χ2v) is 2.34. The summed E-state index contributed by atoms with van der Waals surface area (Å²) in [6.45, 7) is 0. The van der Waals surface area contributed by atoms with E-state index in [1.54, 1.807) is 0 Å². The highest BCUT2D eigenvalue weighted by atomic mass is 19.1. The zero-order valence-electron chi connectivity index (χ0n) is 6.45. The van der Waals surface area contributed by atoms with Crippen LogP contribution >= 0.6 is 0 Å². The van der Waals surface area contributed by atoms with Gasteiger partial charge in [0.05, 0.1) is 16.2 Å². The first-order chi connectivity index (χ1) is 6.02. The molecule has 13 heavy (non-hydrogen) atoms. The molecular weight excluding hydrogens is 177 g/mol. The van der Waals surface area contributed by atoms with Crippen LogP contribution in [0.2, 0.25) is 0 Å². The third kappa shape index (κ3) is 1.78. The van der Waals surface area contributed by atoms with Gasteiger partial charge >= 0.3 is 0 Å². The number of nitro groups is 1. The van der Waals surface area contributed by atoms with Gasteiger partial charge in [-0.15, -0.1) is 0 Å². The third-order valence-electron chi connectivity index (χ3n) is 1.48. The quantitative estimate of drug-likeness (QED) is 0.314. The van der Waals surface area contributed by atoms with Crippen LogP contribution in [0.25, 0.3) is 0 Å². The summed E-state index contributed by atoms with van der Waals surface area (Å²) in [5.74, 6) is -1.20. The van der Waals surface area contributed by atoms with Gasteiger partial charge in [-0.3, -0.25) is 15.5 Å². The van der Waals surface area contributed by atoms with Crippen LogP contribution in [-0.4, -0.2) is 10.9 Å². The maximum atomic E-state index is 12.4. The van der Waals surface area contributed by atoms with E-state index in [2.05, 4.69) is 0 Å². The molecule has 0 unspecified atom stereocenters. The Morgan fingerprint density at radius 3 is 2.62 bits per heavy atom. The number of nitrogen functional groups attached to an aromatic ring is 1. The number of hydrogen-bond donors (Lipinski definition) is 2. The second-order valence-electron chi connectivity index (χ2n) is 2.34. The number of benzene rings is 1. The number of nitrogens with one attached hydrogen (secondary N) is 1. The van der Waals surface area contributed by atoms with Crippen LogP contribution in [-0.2, 0) is 0 Å². The largest absolute Gasteiger partial charge is 0.398 e. The molecular formula is C7H6FN3O2. The monoisotopic (exact) mass is 183 g/mol. The standard InChI is InChI=1S/C7H6FN3O2/c8-7(10)5-2-1-4(11(12)13)3-6(5)9/h1-3,10H,9H2. The number of nitrogens with zero attached hydrogens (tertiary/aromatic N) is 1. The van der Waals surface area contributed by atoms with Crippen LogP contribution in [0.1, 0.15) is 5.56 Å². The Kier molecular flexibility index (Phi) is 2.23. The van der Waals surface area contributed by atoms with Crippen molar-refractivity contribution in [1.82, 2.24) is 0 Å². The number of halogens is 1. The average molecular weight is 183 g/mol. The molecule has 6 heteroatoms. The van der Waals surface area contributed by atoms with Crippen molar-refractivity contribution < 1.29 is 9.31 Å². The van der Waals surface area contributed by atoms with E-state index in [9.17, 15) is 14.5 Å². The number of hydrogen-bond acceptors (Lipinski definition) is 4. The third-order valence-corrected chi connectivity index (χ3v) is 1.48. The summed E-state index contributed by atoms with van der Waals surface area (Å²) in [6, 6.07) is 3.22. The summed E-state index contributed by atoms with van der Waals surface area (Å²) in [5.41, 5.74) is 4.81. The lowest BCUT2D eigenvalue weighted by atomic mass is 10.1. The van der Waals surface area contributed by atoms with Gasteiger partial charge in [0.2, 0.25) is 5.97 Å². The van der Waals surface area contributed by atoms with Crippen molar-refractivity contribution >= 4 is 17.3 Å². The molecule has 0 atom stereocenters. The van der Waals surface area contributed by atoms with E-state index in [1.165, 1.54) is 0 Å². The van der Waals surface area contributed by atoms with Crippen molar-refractivity contribution in [3.63, 3.8) is 0 Å². The van der Waals surface area contributed by atoms with Crippen molar-refractivity contribution in [2.24, 2.45) is 0 Å². The molecule has 0 aromatic heterocycles. The van der Waals surface area contributed by atoms with Crippen molar-refractivity contribution in [2.75, 3.05) is 5.73 Å². The fourth-order valence-electron chi connectivity index (χ4n) is 0.864. The molecule has 68 valence electrons. The molecule has 0 saturated heterocycles. The Balaban J connectivity index is 3.20. The Morgan fingerprint density at radius 2 is 2.23 bits per heavy atom. The van der Waals surface area contributed by atoms with E-state index < -0.39 is 10.9 Å².